The number of primary amides is 1. The van der Waals surface area contributed by atoms with Gasteiger partial charge in [-0.1, -0.05) is 6.07 Å². The van der Waals surface area contributed by atoms with E-state index in [4.69, 9.17) is 10.5 Å². The van der Waals surface area contributed by atoms with Crippen LogP contribution in [-0.2, 0) is 4.79 Å². The van der Waals surface area contributed by atoms with E-state index in [1.807, 2.05) is 25.1 Å². The average Bonchev–Trinajstić information content (AvgIpc) is 2.55. The molecule has 126 valence electrons. The third kappa shape index (κ3) is 4.74. The predicted octanol–water partition coefficient (Wildman–Crippen LogP) is 2.54. The standard InChI is InChI=1S/C18H21N3O3/c1-12-3-8-16(24-2)15(11-12)20-10-9-17(22)21-14-6-4-13(5-7-14)18(19)23/h3-8,11,20H,9-10H2,1-2H3,(H2,19,23)(H,21,22). The number of amides is 2. The number of rotatable bonds is 7. The lowest BCUT2D eigenvalue weighted by Gasteiger charge is -2.12. The van der Waals surface area contributed by atoms with Gasteiger partial charge < -0.3 is 21.1 Å². The molecule has 2 amide bonds. The van der Waals surface area contributed by atoms with Crippen LogP contribution < -0.4 is 21.1 Å². The molecule has 0 aromatic heterocycles. The van der Waals surface area contributed by atoms with E-state index >= 15 is 0 Å². The van der Waals surface area contributed by atoms with E-state index in [0.29, 0.717) is 24.2 Å². The fourth-order valence-electron chi connectivity index (χ4n) is 2.21. The first kappa shape index (κ1) is 17.3. The Kier molecular flexibility index (Phi) is 5.78. The lowest BCUT2D eigenvalue weighted by atomic mass is 10.2. The normalized spacial score (nSPS) is 10.1. The van der Waals surface area contributed by atoms with Gasteiger partial charge in [0.2, 0.25) is 11.8 Å². The molecule has 2 rings (SSSR count). The second kappa shape index (κ2) is 8.01. The minimum atomic E-state index is -0.496. The molecule has 0 radical (unpaired) electrons. The zero-order chi connectivity index (χ0) is 17.5. The summed E-state index contributed by atoms with van der Waals surface area (Å²) in [7, 11) is 1.61. The number of methoxy groups -OCH3 is 1. The molecular formula is C18H21N3O3. The van der Waals surface area contributed by atoms with E-state index in [-0.39, 0.29) is 5.91 Å². The molecule has 0 heterocycles. The van der Waals surface area contributed by atoms with Crippen LogP contribution in [0.25, 0.3) is 0 Å². The minimum absolute atomic E-state index is 0.124. The Morgan fingerprint density at radius 1 is 1.12 bits per heavy atom. The summed E-state index contributed by atoms with van der Waals surface area (Å²) in [4.78, 5) is 23.0. The molecule has 0 aliphatic heterocycles. The van der Waals surface area contributed by atoms with E-state index in [0.717, 1.165) is 17.0 Å². The Bertz CT molecular complexity index is 727. The molecule has 0 unspecified atom stereocenters. The van der Waals surface area contributed by atoms with E-state index in [1.165, 1.54) is 0 Å². The quantitative estimate of drug-likeness (QED) is 0.728. The first-order valence-corrected chi connectivity index (χ1v) is 7.58. The van der Waals surface area contributed by atoms with Gasteiger partial charge in [0.15, 0.2) is 0 Å². The van der Waals surface area contributed by atoms with E-state index in [2.05, 4.69) is 10.6 Å². The van der Waals surface area contributed by atoms with Crippen LogP contribution in [0.4, 0.5) is 11.4 Å². The summed E-state index contributed by atoms with van der Waals surface area (Å²) >= 11 is 0. The molecule has 0 aliphatic carbocycles. The Hall–Kier alpha value is -3.02. The molecule has 6 heteroatoms. The predicted molar refractivity (Wildman–Crippen MR) is 94.4 cm³/mol. The van der Waals surface area contributed by atoms with Crippen molar-refractivity contribution in [2.75, 3.05) is 24.3 Å². The third-order valence-corrected chi connectivity index (χ3v) is 3.48. The average molecular weight is 327 g/mol. The highest BCUT2D eigenvalue weighted by Crippen LogP contribution is 2.25. The van der Waals surface area contributed by atoms with E-state index < -0.39 is 5.91 Å². The molecule has 0 aliphatic rings. The van der Waals surface area contributed by atoms with Crippen molar-refractivity contribution < 1.29 is 14.3 Å². The number of nitrogens with two attached hydrogens (primary N) is 1. The summed E-state index contributed by atoms with van der Waals surface area (Å²) in [5.74, 6) is 0.119. The summed E-state index contributed by atoms with van der Waals surface area (Å²) in [6.07, 6.45) is 0.300. The molecule has 0 saturated carbocycles. The Labute approximate surface area is 141 Å². The van der Waals surface area contributed by atoms with Crippen molar-refractivity contribution in [1.82, 2.24) is 0 Å². The highest BCUT2D eigenvalue weighted by Gasteiger charge is 2.06. The van der Waals surface area contributed by atoms with Gasteiger partial charge in [-0.05, 0) is 48.9 Å². The van der Waals surface area contributed by atoms with Crippen LogP contribution in [0, 0.1) is 6.92 Å². The topological polar surface area (TPSA) is 93.4 Å². The van der Waals surface area contributed by atoms with Crippen molar-refractivity contribution in [3.63, 3.8) is 0 Å². The number of hydrogen-bond acceptors (Lipinski definition) is 4. The smallest absolute Gasteiger partial charge is 0.248 e. The van der Waals surface area contributed by atoms with Gasteiger partial charge in [-0.25, -0.2) is 0 Å². The number of benzene rings is 2. The van der Waals surface area contributed by atoms with Crippen LogP contribution in [0.3, 0.4) is 0 Å². The second-order valence-electron chi connectivity index (χ2n) is 5.37. The van der Waals surface area contributed by atoms with Crippen molar-refractivity contribution in [3.8, 4) is 5.75 Å². The minimum Gasteiger partial charge on any atom is -0.495 e. The van der Waals surface area contributed by atoms with Gasteiger partial charge in [-0.3, -0.25) is 9.59 Å². The molecule has 2 aromatic rings. The summed E-state index contributed by atoms with van der Waals surface area (Å²) in [6, 6.07) is 12.3. The molecular weight excluding hydrogens is 306 g/mol. The maximum Gasteiger partial charge on any atom is 0.248 e. The van der Waals surface area contributed by atoms with E-state index in [9.17, 15) is 9.59 Å². The zero-order valence-electron chi connectivity index (χ0n) is 13.8. The van der Waals surface area contributed by atoms with Crippen LogP contribution in [0.15, 0.2) is 42.5 Å². The lowest BCUT2D eigenvalue weighted by molar-refractivity contribution is -0.115. The molecule has 2 aromatic carbocycles. The first-order valence-electron chi connectivity index (χ1n) is 7.58. The van der Waals surface area contributed by atoms with Gasteiger partial charge >= 0.3 is 0 Å². The van der Waals surface area contributed by atoms with Crippen LogP contribution in [-0.4, -0.2) is 25.5 Å². The fourth-order valence-corrected chi connectivity index (χ4v) is 2.21. The molecule has 0 atom stereocenters. The second-order valence-corrected chi connectivity index (χ2v) is 5.37. The van der Waals surface area contributed by atoms with Crippen LogP contribution in [0.2, 0.25) is 0 Å². The SMILES string of the molecule is COc1ccc(C)cc1NCCC(=O)Nc1ccc(C(N)=O)cc1. The number of carbonyl (C=O) groups is 2. The van der Waals surface area contributed by atoms with Gasteiger partial charge in [0.05, 0.1) is 12.8 Å². The number of ether oxygens (including phenoxy) is 1. The molecule has 0 bridgehead atoms. The van der Waals surface area contributed by atoms with Gasteiger partial charge in [0.1, 0.15) is 5.75 Å². The summed E-state index contributed by atoms with van der Waals surface area (Å²) in [6.45, 7) is 2.47. The molecule has 0 fully saturated rings. The molecule has 0 saturated heterocycles. The fraction of sp³-hybridized carbons (Fsp3) is 0.222. The highest BCUT2D eigenvalue weighted by atomic mass is 16.5. The van der Waals surface area contributed by atoms with Crippen LogP contribution in [0.5, 0.6) is 5.75 Å². The van der Waals surface area contributed by atoms with Crippen molar-refractivity contribution in [1.29, 1.82) is 0 Å². The van der Waals surface area contributed by atoms with Crippen molar-refractivity contribution in [2.45, 2.75) is 13.3 Å². The Morgan fingerprint density at radius 3 is 2.46 bits per heavy atom. The molecule has 0 spiro atoms. The number of anilines is 2. The number of hydrogen-bond donors (Lipinski definition) is 3. The van der Waals surface area contributed by atoms with Gasteiger partial charge in [0, 0.05) is 24.2 Å². The summed E-state index contributed by atoms with van der Waals surface area (Å²) < 4.78 is 5.28. The number of nitrogens with one attached hydrogen (secondary N) is 2. The zero-order valence-corrected chi connectivity index (χ0v) is 13.8. The van der Waals surface area contributed by atoms with Gasteiger partial charge in [-0.15, -0.1) is 0 Å². The van der Waals surface area contributed by atoms with Crippen LogP contribution >= 0.6 is 0 Å². The van der Waals surface area contributed by atoms with Crippen molar-refractivity contribution in [3.05, 3.63) is 53.6 Å². The molecule has 4 N–H and O–H groups in total. The Balaban J connectivity index is 1.85. The number of aryl methyl sites for hydroxylation is 1. The Morgan fingerprint density at radius 2 is 1.83 bits per heavy atom. The maximum atomic E-state index is 12.0. The van der Waals surface area contributed by atoms with Crippen molar-refractivity contribution >= 4 is 23.2 Å². The molecule has 24 heavy (non-hydrogen) atoms. The highest BCUT2D eigenvalue weighted by molar-refractivity contribution is 5.94. The summed E-state index contributed by atoms with van der Waals surface area (Å²) in [5, 5.41) is 5.97. The third-order valence-electron chi connectivity index (χ3n) is 3.48. The summed E-state index contributed by atoms with van der Waals surface area (Å²) in [5.41, 5.74) is 8.17. The monoisotopic (exact) mass is 327 g/mol. The number of carbonyl (C=O) groups excluding carboxylic acids is 2. The first-order chi connectivity index (χ1) is 11.5. The van der Waals surface area contributed by atoms with Crippen molar-refractivity contribution in [2.24, 2.45) is 5.73 Å². The molecule has 6 nitrogen and oxygen atoms in total. The maximum absolute atomic E-state index is 12.0. The van der Waals surface area contributed by atoms with Crippen LogP contribution in [0.1, 0.15) is 22.3 Å². The lowest BCUT2D eigenvalue weighted by Crippen LogP contribution is -2.17. The van der Waals surface area contributed by atoms with Gasteiger partial charge in [-0.2, -0.15) is 0 Å². The van der Waals surface area contributed by atoms with E-state index in [1.54, 1.807) is 31.4 Å². The van der Waals surface area contributed by atoms with Gasteiger partial charge in [0.25, 0.3) is 0 Å². The largest absolute Gasteiger partial charge is 0.495 e.